The maximum atomic E-state index is 10.9. The van der Waals surface area contributed by atoms with E-state index in [1.165, 1.54) is 0 Å². The topological polar surface area (TPSA) is 81.6 Å². The molecular weight excluding hydrogens is 168 g/mol. The predicted molar refractivity (Wildman–Crippen MR) is 46.2 cm³/mol. The second kappa shape index (κ2) is 2.90. The number of anilines is 1. The van der Waals surface area contributed by atoms with E-state index in [1.54, 1.807) is 6.07 Å². The zero-order valence-corrected chi connectivity index (χ0v) is 6.87. The van der Waals surface area contributed by atoms with Gasteiger partial charge in [-0.1, -0.05) is 0 Å². The quantitative estimate of drug-likeness (QED) is 0.675. The Hall–Kier alpha value is -1.83. The zero-order chi connectivity index (χ0) is 9.26. The molecule has 0 spiro atoms. The van der Waals surface area contributed by atoms with Crippen molar-refractivity contribution in [3.05, 3.63) is 22.2 Å². The molecule has 5 heteroatoms. The Morgan fingerprint density at radius 2 is 2.46 bits per heavy atom. The molecule has 13 heavy (non-hydrogen) atoms. The summed E-state index contributed by atoms with van der Waals surface area (Å²) in [5.74, 6) is 0.489. The van der Waals surface area contributed by atoms with Crippen molar-refractivity contribution in [2.45, 2.75) is 18.9 Å². The molecule has 1 aliphatic rings. The number of nitrogens with zero attached hydrogens (tertiary/aromatic N) is 2. The Bertz CT molecular complexity index is 413. The highest BCUT2D eigenvalue weighted by molar-refractivity contribution is 5.40. The summed E-state index contributed by atoms with van der Waals surface area (Å²) in [5, 5.41) is 11.6. The molecule has 1 aromatic rings. The molecule has 0 saturated heterocycles. The maximum Gasteiger partial charge on any atom is 0.347 e. The van der Waals surface area contributed by atoms with E-state index in [0.29, 0.717) is 11.9 Å². The zero-order valence-electron chi connectivity index (χ0n) is 6.87. The van der Waals surface area contributed by atoms with Crippen molar-refractivity contribution in [3.8, 4) is 6.07 Å². The Balaban J connectivity index is 2.29. The molecule has 2 rings (SSSR count). The van der Waals surface area contributed by atoms with Crippen molar-refractivity contribution < 1.29 is 0 Å². The van der Waals surface area contributed by atoms with Crippen molar-refractivity contribution in [1.29, 1.82) is 5.26 Å². The molecule has 1 heterocycles. The molecule has 0 bridgehead atoms. The molecule has 2 N–H and O–H groups in total. The van der Waals surface area contributed by atoms with Gasteiger partial charge in [-0.2, -0.15) is 10.2 Å². The van der Waals surface area contributed by atoms with Gasteiger partial charge in [-0.15, -0.1) is 0 Å². The summed E-state index contributed by atoms with van der Waals surface area (Å²) in [7, 11) is 0. The lowest BCUT2D eigenvalue weighted by molar-refractivity contribution is 1.02. The molecule has 1 aliphatic carbocycles. The van der Waals surface area contributed by atoms with Gasteiger partial charge in [0.25, 0.3) is 0 Å². The summed E-state index contributed by atoms with van der Waals surface area (Å²) in [6, 6.07) is 3.84. The van der Waals surface area contributed by atoms with Crippen molar-refractivity contribution in [3.63, 3.8) is 0 Å². The van der Waals surface area contributed by atoms with E-state index in [9.17, 15) is 4.79 Å². The standard InChI is InChI=1S/C8H8N4O/c9-4-6-3-7(10-5-1-2-5)12-8(13)11-6/h3,5H,1-2H2,(H2,10,11,12,13). The largest absolute Gasteiger partial charge is 0.367 e. The summed E-state index contributed by atoms with van der Waals surface area (Å²) in [6.45, 7) is 0. The van der Waals surface area contributed by atoms with Crippen LogP contribution in [0.3, 0.4) is 0 Å². The van der Waals surface area contributed by atoms with Crippen LogP contribution in [-0.4, -0.2) is 16.0 Å². The monoisotopic (exact) mass is 176 g/mol. The van der Waals surface area contributed by atoms with E-state index in [2.05, 4.69) is 15.3 Å². The number of hydrogen-bond donors (Lipinski definition) is 2. The van der Waals surface area contributed by atoms with E-state index in [1.807, 2.05) is 6.07 Å². The van der Waals surface area contributed by atoms with Crippen molar-refractivity contribution in [1.82, 2.24) is 9.97 Å². The Labute approximate surface area is 74.4 Å². The molecule has 1 fully saturated rings. The summed E-state index contributed by atoms with van der Waals surface area (Å²) in [6.07, 6.45) is 2.22. The molecule has 0 unspecified atom stereocenters. The summed E-state index contributed by atoms with van der Waals surface area (Å²) in [5.41, 5.74) is -0.245. The number of nitrogens with one attached hydrogen (secondary N) is 2. The first kappa shape index (κ1) is 7.80. The minimum Gasteiger partial charge on any atom is -0.367 e. The highest BCUT2D eigenvalue weighted by Gasteiger charge is 2.21. The number of rotatable bonds is 2. The van der Waals surface area contributed by atoms with E-state index in [4.69, 9.17) is 5.26 Å². The molecule has 0 amide bonds. The van der Waals surface area contributed by atoms with Crippen molar-refractivity contribution >= 4 is 5.82 Å². The van der Waals surface area contributed by atoms with Gasteiger partial charge in [0.15, 0.2) is 0 Å². The number of aromatic nitrogens is 2. The van der Waals surface area contributed by atoms with Gasteiger partial charge in [0.05, 0.1) is 0 Å². The van der Waals surface area contributed by atoms with E-state index in [0.717, 1.165) is 12.8 Å². The third-order valence-corrected chi connectivity index (χ3v) is 1.79. The lowest BCUT2D eigenvalue weighted by Gasteiger charge is -2.01. The van der Waals surface area contributed by atoms with Gasteiger partial charge in [0.1, 0.15) is 17.6 Å². The van der Waals surface area contributed by atoms with E-state index < -0.39 is 5.69 Å². The van der Waals surface area contributed by atoms with Crippen LogP contribution in [0.25, 0.3) is 0 Å². The van der Waals surface area contributed by atoms with Gasteiger partial charge in [-0.25, -0.2) is 4.79 Å². The van der Waals surface area contributed by atoms with Gasteiger partial charge < -0.3 is 5.32 Å². The third kappa shape index (κ3) is 1.85. The fraction of sp³-hybridized carbons (Fsp3) is 0.375. The lowest BCUT2D eigenvalue weighted by Crippen LogP contribution is -2.15. The first-order valence-electron chi connectivity index (χ1n) is 4.06. The van der Waals surface area contributed by atoms with Gasteiger partial charge in [-0.05, 0) is 12.8 Å². The van der Waals surface area contributed by atoms with Crippen LogP contribution in [0, 0.1) is 11.3 Å². The number of hydrogen-bond acceptors (Lipinski definition) is 4. The summed E-state index contributed by atoms with van der Waals surface area (Å²) in [4.78, 5) is 16.9. The Morgan fingerprint density at radius 1 is 1.69 bits per heavy atom. The second-order valence-electron chi connectivity index (χ2n) is 3.02. The Kier molecular flexibility index (Phi) is 1.74. The third-order valence-electron chi connectivity index (χ3n) is 1.79. The summed E-state index contributed by atoms with van der Waals surface area (Å²) >= 11 is 0. The first-order valence-corrected chi connectivity index (χ1v) is 4.06. The SMILES string of the molecule is N#Cc1cc(NC2CC2)nc(=O)[nH]1. The molecule has 5 nitrogen and oxygen atoms in total. The minimum absolute atomic E-state index is 0.239. The van der Waals surface area contributed by atoms with Gasteiger partial charge in [0, 0.05) is 12.1 Å². The second-order valence-corrected chi connectivity index (χ2v) is 3.02. The fourth-order valence-corrected chi connectivity index (χ4v) is 1.03. The molecule has 1 aromatic heterocycles. The number of H-pyrrole nitrogens is 1. The number of aromatic amines is 1. The highest BCUT2D eigenvalue weighted by atomic mass is 16.1. The van der Waals surface area contributed by atoms with Gasteiger partial charge >= 0.3 is 5.69 Å². The van der Waals surface area contributed by atoms with Crippen LogP contribution in [0.2, 0.25) is 0 Å². The van der Waals surface area contributed by atoms with Gasteiger partial charge in [0.2, 0.25) is 0 Å². The average Bonchev–Trinajstić information content (AvgIpc) is 2.87. The van der Waals surface area contributed by atoms with E-state index >= 15 is 0 Å². The minimum atomic E-state index is -0.484. The normalized spacial score (nSPS) is 15.0. The van der Waals surface area contributed by atoms with Crippen molar-refractivity contribution in [2.75, 3.05) is 5.32 Å². The van der Waals surface area contributed by atoms with E-state index in [-0.39, 0.29) is 5.69 Å². The van der Waals surface area contributed by atoms with Crippen LogP contribution >= 0.6 is 0 Å². The van der Waals surface area contributed by atoms with Crippen LogP contribution in [0.4, 0.5) is 5.82 Å². The van der Waals surface area contributed by atoms with Crippen LogP contribution in [0.15, 0.2) is 10.9 Å². The smallest absolute Gasteiger partial charge is 0.347 e. The predicted octanol–water partition coefficient (Wildman–Crippen LogP) is 0.216. The number of nitriles is 1. The molecular formula is C8H8N4O. The fourth-order valence-electron chi connectivity index (χ4n) is 1.03. The van der Waals surface area contributed by atoms with Crippen LogP contribution in [-0.2, 0) is 0 Å². The van der Waals surface area contributed by atoms with Gasteiger partial charge in [-0.3, -0.25) is 4.98 Å². The highest BCUT2D eigenvalue weighted by Crippen LogP contribution is 2.23. The molecule has 0 aliphatic heterocycles. The van der Waals surface area contributed by atoms with Crippen LogP contribution in [0.1, 0.15) is 18.5 Å². The maximum absolute atomic E-state index is 10.9. The summed E-state index contributed by atoms with van der Waals surface area (Å²) < 4.78 is 0. The molecule has 66 valence electrons. The van der Waals surface area contributed by atoms with Crippen molar-refractivity contribution in [2.24, 2.45) is 0 Å². The molecule has 0 radical (unpaired) electrons. The van der Waals surface area contributed by atoms with Crippen LogP contribution in [0.5, 0.6) is 0 Å². The molecule has 1 saturated carbocycles. The average molecular weight is 176 g/mol. The van der Waals surface area contributed by atoms with Crippen LogP contribution < -0.4 is 11.0 Å². The molecule has 0 atom stereocenters. The Morgan fingerprint density at radius 3 is 3.08 bits per heavy atom. The lowest BCUT2D eigenvalue weighted by atomic mass is 10.4. The molecule has 0 aromatic carbocycles. The first-order chi connectivity index (χ1) is 6.28.